The van der Waals surface area contributed by atoms with Crippen molar-refractivity contribution in [2.45, 2.75) is 62.6 Å². The quantitative estimate of drug-likeness (QED) is 0.172. The van der Waals surface area contributed by atoms with E-state index in [9.17, 15) is 18.0 Å². The molecule has 5 rings (SSSR count). The Labute approximate surface area is 281 Å². The summed E-state index contributed by atoms with van der Waals surface area (Å²) in [4.78, 5) is 30.3. The van der Waals surface area contributed by atoms with Gasteiger partial charge in [-0.3, -0.25) is 13.9 Å². The normalized spacial score (nSPS) is 14.1. The number of amides is 2. The zero-order valence-corrected chi connectivity index (χ0v) is 27.9. The maximum Gasteiger partial charge on any atom is 0.264 e. The second-order valence-corrected chi connectivity index (χ2v) is 14.2. The van der Waals surface area contributed by atoms with Crippen LogP contribution >= 0.6 is 23.2 Å². The molecule has 4 aromatic rings. The molecule has 0 spiro atoms. The molecular formula is C36H37Cl2N3O4S. The minimum Gasteiger partial charge on any atom is -0.352 e. The number of benzene rings is 4. The predicted molar refractivity (Wildman–Crippen MR) is 183 cm³/mol. The number of hydrogen-bond donors (Lipinski definition) is 1. The Morgan fingerprint density at radius 1 is 0.826 bits per heavy atom. The van der Waals surface area contributed by atoms with Crippen LogP contribution in [0.2, 0.25) is 10.0 Å². The van der Waals surface area contributed by atoms with E-state index in [4.69, 9.17) is 23.2 Å². The summed E-state index contributed by atoms with van der Waals surface area (Å²) in [5.41, 5.74) is 2.29. The van der Waals surface area contributed by atoms with Gasteiger partial charge in [-0.15, -0.1) is 0 Å². The first kappa shape index (κ1) is 33.5. The first-order chi connectivity index (χ1) is 22.1. The molecule has 0 heterocycles. The Balaban J connectivity index is 1.59. The molecular weight excluding hydrogens is 641 g/mol. The van der Waals surface area contributed by atoms with Crippen LogP contribution in [0, 0.1) is 6.92 Å². The summed E-state index contributed by atoms with van der Waals surface area (Å²) < 4.78 is 29.5. The number of rotatable bonds is 12. The number of carbonyl (C=O) groups is 2. The Kier molecular flexibility index (Phi) is 11.0. The molecule has 1 aliphatic carbocycles. The van der Waals surface area contributed by atoms with Crippen molar-refractivity contribution in [3.8, 4) is 0 Å². The number of nitrogens with zero attached hydrogens (tertiary/aromatic N) is 2. The van der Waals surface area contributed by atoms with Gasteiger partial charge in [0, 0.05) is 29.1 Å². The van der Waals surface area contributed by atoms with Gasteiger partial charge in [0.15, 0.2) is 0 Å². The fourth-order valence-electron chi connectivity index (χ4n) is 5.83. The summed E-state index contributed by atoms with van der Waals surface area (Å²) in [6, 6.07) is 28.6. The van der Waals surface area contributed by atoms with Crippen molar-refractivity contribution in [3.63, 3.8) is 0 Å². The first-order valence-corrected chi connectivity index (χ1v) is 17.5. The van der Waals surface area contributed by atoms with E-state index in [1.807, 2.05) is 36.4 Å². The molecule has 0 bridgehead atoms. The van der Waals surface area contributed by atoms with Gasteiger partial charge in [0.05, 0.1) is 10.6 Å². The summed E-state index contributed by atoms with van der Waals surface area (Å²) in [5.74, 6) is -0.839. The van der Waals surface area contributed by atoms with Gasteiger partial charge >= 0.3 is 0 Å². The average Bonchev–Trinajstić information content (AvgIpc) is 3.57. The van der Waals surface area contributed by atoms with Crippen molar-refractivity contribution in [1.82, 2.24) is 10.2 Å². The lowest BCUT2D eigenvalue weighted by Crippen LogP contribution is -2.54. The Hall–Kier alpha value is -3.85. The first-order valence-electron chi connectivity index (χ1n) is 15.3. The number of sulfonamides is 1. The summed E-state index contributed by atoms with van der Waals surface area (Å²) in [6.45, 7) is 1.15. The van der Waals surface area contributed by atoms with Gasteiger partial charge in [0.1, 0.15) is 12.6 Å². The number of nitrogens with one attached hydrogen (secondary N) is 1. The van der Waals surface area contributed by atoms with E-state index >= 15 is 0 Å². The molecule has 0 unspecified atom stereocenters. The molecule has 1 aliphatic rings. The van der Waals surface area contributed by atoms with Gasteiger partial charge in [-0.2, -0.15) is 0 Å². The van der Waals surface area contributed by atoms with Gasteiger partial charge in [0.25, 0.3) is 10.0 Å². The highest BCUT2D eigenvalue weighted by atomic mass is 35.5. The van der Waals surface area contributed by atoms with Crippen LogP contribution in [0.25, 0.3) is 0 Å². The third-order valence-electron chi connectivity index (χ3n) is 8.39. The second kappa shape index (κ2) is 15.2. The highest BCUT2D eigenvalue weighted by molar-refractivity contribution is 7.92. The minimum atomic E-state index is -4.23. The topological polar surface area (TPSA) is 86.8 Å². The van der Waals surface area contributed by atoms with E-state index in [0.29, 0.717) is 21.2 Å². The molecule has 2 amide bonds. The van der Waals surface area contributed by atoms with E-state index in [1.54, 1.807) is 61.5 Å². The molecule has 240 valence electrons. The summed E-state index contributed by atoms with van der Waals surface area (Å²) in [5, 5.41) is 3.98. The SMILES string of the molecule is Cc1c(Cl)cccc1N(CC(=O)N(Cc1ccccc1Cl)[C@@H](Cc1ccccc1)C(=O)NC1CCCC1)S(=O)(=O)c1ccccc1. The molecule has 0 saturated heterocycles. The van der Waals surface area contributed by atoms with Gasteiger partial charge in [-0.25, -0.2) is 8.42 Å². The van der Waals surface area contributed by atoms with Gasteiger partial charge in [-0.1, -0.05) is 109 Å². The van der Waals surface area contributed by atoms with Crippen LogP contribution in [0.15, 0.2) is 108 Å². The molecule has 1 atom stereocenters. The lowest BCUT2D eigenvalue weighted by atomic mass is 10.0. The molecule has 46 heavy (non-hydrogen) atoms. The fraction of sp³-hybridized carbons (Fsp3) is 0.278. The summed E-state index contributed by atoms with van der Waals surface area (Å²) in [6.07, 6.45) is 4.04. The van der Waals surface area contributed by atoms with Crippen LogP contribution in [-0.2, 0) is 32.6 Å². The molecule has 0 aliphatic heterocycles. The molecule has 7 nitrogen and oxygen atoms in total. The van der Waals surface area contributed by atoms with Crippen LogP contribution in [0.5, 0.6) is 0 Å². The van der Waals surface area contributed by atoms with Gasteiger partial charge < -0.3 is 10.2 Å². The largest absolute Gasteiger partial charge is 0.352 e. The van der Waals surface area contributed by atoms with Gasteiger partial charge in [0.2, 0.25) is 11.8 Å². The predicted octanol–water partition coefficient (Wildman–Crippen LogP) is 7.20. The summed E-state index contributed by atoms with van der Waals surface area (Å²) in [7, 11) is -4.23. The van der Waals surface area contributed by atoms with E-state index in [-0.39, 0.29) is 35.5 Å². The fourth-order valence-corrected chi connectivity index (χ4v) is 7.69. The smallest absolute Gasteiger partial charge is 0.264 e. The van der Waals surface area contributed by atoms with Crippen LogP contribution in [0.1, 0.15) is 42.4 Å². The van der Waals surface area contributed by atoms with Crippen molar-refractivity contribution < 1.29 is 18.0 Å². The van der Waals surface area contributed by atoms with Crippen LogP contribution < -0.4 is 9.62 Å². The maximum absolute atomic E-state index is 14.7. The average molecular weight is 679 g/mol. The molecule has 1 saturated carbocycles. The Bertz CT molecular complexity index is 1760. The van der Waals surface area contributed by atoms with E-state index in [2.05, 4.69) is 5.32 Å². The van der Waals surface area contributed by atoms with Crippen molar-refractivity contribution in [2.75, 3.05) is 10.8 Å². The Morgan fingerprint density at radius 3 is 2.11 bits per heavy atom. The number of halogens is 2. The molecule has 4 aromatic carbocycles. The zero-order chi connectivity index (χ0) is 32.7. The lowest BCUT2D eigenvalue weighted by Gasteiger charge is -2.35. The van der Waals surface area contributed by atoms with Gasteiger partial charge in [-0.05, 0) is 66.8 Å². The number of carbonyl (C=O) groups excluding carboxylic acids is 2. The molecule has 1 N–H and O–H groups in total. The standard InChI is InChI=1S/C36H37Cl2N3O4S/c1-26-31(37)21-12-22-33(26)41(46(44,45)30-18-6-3-7-19-30)25-35(42)40(24-28-15-8-11-20-32(28)38)34(23-27-13-4-2-5-14-27)36(43)39-29-16-9-10-17-29/h2-8,11-15,18-22,29,34H,9-10,16-17,23-25H2,1H3,(H,39,43)/t34-/m0/s1. The van der Waals surface area contributed by atoms with Crippen molar-refractivity contribution >= 4 is 50.7 Å². The molecule has 1 fully saturated rings. The van der Waals surface area contributed by atoms with Crippen molar-refractivity contribution in [2.24, 2.45) is 0 Å². The third kappa shape index (κ3) is 7.92. The van der Waals surface area contributed by atoms with E-state index in [1.165, 1.54) is 17.0 Å². The van der Waals surface area contributed by atoms with E-state index in [0.717, 1.165) is 35.6 Å². The second-order valence-electron chi connectivity index (χ2n) is 11.5. The maximum atomic E-state index is 14.7. The Morgan fingerprint density at radius 2 is 1.43 bits per heavy atom. The van der Waals surface area contributed by atoms with E-state index < -0.39 is 28.5 Å². The molecule has 0 radical (unpaired) electrons. The van der Waals surface area contributed by atoms with Crippen molar-refractivity contribution in [1.29, 1.82) is 0 Å². The molecule has 10 heteroatoms. The minimum absolute atomic E-state index is 0.00183. The highest BCUT2D eigenvalue weighted by Crippen LogP contribution is 2.32. The van der Waals surface area contributed by atoms with Crippen LogP contribution in [0.3, 0.4) is 0 Å². The van der Waals surface area contributed by atoms with Crippen LogP contribution in [0.4, 0.5) is 5.69 Å². The monoisotopic (exact) mass is 677 g/mol. The number of anilines is 1. The van der Waals surface area contributed by atoms with Crippen molar-refractivity contribution in [3.05, 3.63) is 130 Å². The molecule has 0 aromatic heterocycles. The third-order valence-corrected chi connectivity index (χ3v) is 10.9. The summed E-state index contributed by atoms with van der Waals surface area (Å²) >= 11 is 13.0. The highest BCUT2D eigenvalue weighted by Gasteiger charge is 2.36. The lowest BCUT2D eigenvalue weighted by molar-refractivity contribution is -0.140. The number of hydrogen-bond acceptors (Lipinski definition) is 4. The zero-order valence-electron chi connectivity index (χ0n) is 25.6. The van der Waals surface area contributed by atoms with Crippen LogP contribution in [-0.4, -0.2) is 43.8 Å².